The van der Waals surface area contributed by atoms with Gasteiger partial charge in [0.05, 0.1) is 12.7 Å². The van der Waals surface area contributed by atoms with Gasteiger partial charge in [0.2, 0.25) is 0 Å². The monoisotopic (exact) mass is 437 g/mol. The third-order valence-electron chi connectivity index (χ3n) is 5.07. The lowest BCUT2D eigenvalue weighted by atomic mass is 10.0. The van der Waals surface area contributed by atoms with Crippen molar-refractivity contribution in [3.05, 3.63) is 86.8 Å². The number of thiophene rings is 1. The minimum absolute atomic E-state index is 0.300. The fourth-order valence-corrected chi connectivity index (χ4v) is 5.09. The summed E-state index contributed by atoms with van der Waals surface area (Å²) in [4.78, 5) is 26.9. The first-order valence-corrected chi connectivity index (χ1v) is 10.8. The van der Waals surface area contributed by atoms with Crippen LogP contribution in [0.3, 0.4) is 0 Å². The summed E-state index contributed by atoms with van der Waals surface area (Å²) in [6.45, 7) is 0. The maximum absolute atomic E-state index is 13.4. The molecule has 152 valence electrons. The second-order valence-corrected chi connectivity index (χ2v) is 8.47. The van der Waals surface area contributed by atoms with E-state index < -0.39 is 5.97 Å². The van der Waals surface area contributed by atoms with E-state index in [1.165, 1.54) is 18.4 Å². The number of fused-ring (bicyclic) bond motifs is 1. The number of ether oxygens (including phenoxy) is 1. The highest BCUT2D eigenvalue weighted by Gasteiger charge is 2.28. The van der Waals surface area contributed by atoms with Crippen molar-refractivity contribution in [3.63, 3.8) is 0 Å². The minimum atomic E-state index is -0.416. The number of carbonyl (C=O) groups is 2. The van der Waals surface area contributed by atoms with E-state index in [-0.39, 0.29) is 5.91 Å². The van der Waals surface area contributed by atoms with Crippen LogP contribution < -0.4 is 5.32 Å². The van der Waals surface area contributed by atoms with E-state index in [1.54, 1.807) is 12.1 Å². The van der Waals surface area contributed by atoms with Gasteiger partial charge in [0, 0.05) is 15.5 Å². The molecule has 0 saturated heterocycles. The molecule has 30 heavy (non-hydrogen) atoms. The van der Waals surface area contributed by atoms with Gasteiger partial charge in [0.25, 0.3) is 5.91 Å². The predicted octanol–water partition coefficient (Wildman–Crippen LogP) is 5.86. The Morgan fingerprint density at radius 1 is 1.07 bits per heavy atom. The number of rotatable bonds is 5. The Balaban J connectivity index is 1.74. The number of hydrogen-bond donors (Lipinski definition) is 1. The first-order chi connectivity index (χ1) is 14.6. The fourth-order valence-electron chi connectivity index (χ4n) is 3.63. The summed E-state index contributed by atoms with van der Waals surface area (Å²) in [5, 5.41) is 4.06. The summed E-state index contributed by atoms with van der Waals surface area (Å²) in [7, 11) is 1.36. The number of hydrogen-bond acceptors (Lipinski definition) is 4. The molecule has 4 nitrogen and oxygen atoms in total. The van der Waals surface area contributed by atoms with Crippen LogP contribution in [0.4, 0.5) is 5.00 Å². The Labute approximate surface area is 184 Å². The normalized spacial score (nSPS) is 13.1. The summed E-state index contributed by atoms with van der Waals surface area (Å²) in [6, 6.07) is 16.8. The smallest absolute Gasteiger partial charge is 0.341 e. The zero-order valence-corrected chi connectivity index (χ0v) is 18.0. The molecule has 3 aromatic rings. The molecule has 0 aliphatic heterocycles. The summed E-state index contributed by atoms with van der Waals surface area (Å²) in [6.07, 6.45) is 4.53. The van der Waals surface area contributed by atoms with Crippen LogP contribution in [0.25, 0.3) is 11.6 Å². The molecule has 4 rings (SSSR count). The highest BCUT2D eigenvalue weighted by molar-refractivity contribution is 7.17. The number of esters is 1. The van der Waals surface area contributed by atoms with Gasteiger partial charge >= 0.3 is 5.97 Å². The van der Waals surface area contributed by atoms with Crippen molar-refractivity contribution >= 4 is 51.5 Å². The molecule has 1 aliphatic carbocycles. The second kappa shape index (κ2) is 8.86. The molecule has 1 aliphatic rings. The quantitative estimate of drug-likeness (QED) is 0.309. The molecule has 6 heteroatoms. The zero-order chi connectivity index (χ0) is 21.1. The van der Waals surface area contributed by atoms with Gasteiger partial charge in [-0.05, 0) is 48.1 Å². The van der Waals surface area contributed by atoms with Gasteiger partial charge < -0.3 is 10.1 Å². The first kappa shape index (κ1) is 20.4. The van der Waals surface area contributed by atoms with Crippen LogP contribution >= 0.6 is 22.9 Å². The standard InChI is InChI=1S/C24H20ClNO3S/c1-29-24(28)21-17-11-7-13-20(17)30-23(21)26-22(27)18(15-8-3-2-4-9-15)14-16-10-5-6-12-19(16)25/h2-6,8-10,12,14H,7,11,13H2,1H3,(H,26,27)/b18-14+. The molecule has 1 amide bonds. The van der Waals surface area contributed by atoms with Crippen molar-refractivity contribution in [1.82, 2.24) is 0 Å². The Kier molecular flexibility index (Phi) is 6.02. The molecule has 1 heterocycles. The minimum Gasteiger partial charge on any atom is -0.465 e. The van der Waals surface area contributed by atoms with Crippen molar-refractivity contribution in [1.29, 1.82) is 0 Å². The fraction of sp³-hybridized carbons (Fsp3) is 0.167. The number of benzene rings is 2. The molecule has 0 unspecified atom stereocenters. The lowest BCUT2D eigenvalue weighted by Crippen LogP contribution is -2.16. The van der Waals surface area contributed by atoms with Crippen LogP contribution in [0, 0.1) is 0 Å². The van der Waals surface area contributed by atoms with Crippen LogP contribution in [-0.4, -0.2) is 19.0 Å². The van der Waals surface area contributed by atoms with Gasteiger partial charge in [-0.2, -0.15) is 0 Å². The largest absolute Gasteiger partial charge is 0.465 e. The van der Waals surface area contributed by atoms with E-state index in [0.29, 0.717) is 21.2 Å². The number of halogens is 1. The van der Waals surface area contributed by atoms with E-state index in [1.807, 2.05) is 48.5 Å². The number of methoxy groups -OCH3 is 1. The van der Waals surface area contributed by atoms with E-state index in [9.17, 15) is 9.59 Å². The maximum Gasteiger partial charge on any atom is 0.341 e. The lowest BCUT2D eigenvalue weighted by molar-refractivity contribution is -0.111. The molecule has 2 aromatic carbocycles. The van der Waals surface area contributed by atoms with Gasteiger partial charge in [-0.25, -0.2) is 4.79 Å². The molecule has 0 radical (unpaired) electrons. The molecule has 1 N–H and O–H groups in total. The van der Waals surface area contributed by atoms with Crippen LogP contribution in [0.5, 0.6) is 0 Å². The van der Waals surface area contributed by atoms with Gasteiger partial charge in [-0.1, -0.05) is 60.1 Å². The molecule has 1 aromatic heterocycles. The average molecular weight is 438 g/mol. The van der Waals surface area contributed by atoms with Crippen molar-refractivity contribution in [3.8, 4) is 0 Å². The number of anilines is 1. The SMILES string of the molecule is COC(=O)c1c(NC(=O)/C(=C/c2ccccc2Cl)c2ccccc2)sc2c1CCC2. The summed E-state index contributed by atoms with van der Waals surface area (Å²) < 4.78 is 4.98. The van der Waals surface area contributed by atoms with Crippen LogP contribution in [0.1, 0.15) is 38.3 Å². The lowest BCUT2D eigenvalue weighted by Gasteiger charge is -2.11. The zero-order valence-electron chi connectivity index (χ0n) is 16.4. The molecule has 0 fully saturated rings. The van der Waals surface area contributed by atoms with Crippen molar-refractivity contribution in [2.45, 2.75) is 19.3 Å². The average Bonchev–Trinajstić information content (AvgIpc) is 3.34. The summed E-state index contributed by atoms with van der Waals surface area (Å²) >= 11 is 7.78. The van der Waals surface area contributed by atoms with Crippen LogP contribution in [-0.2, 0) is 22.4 Å². The van der Waals surface area contributed by atoms with Crippen molar-refractivity contribution in [2.24, 2.45) is 0 Å². The Morgan fingerprint density at radius 2 is 1.80 bits per heavy atom. The Bertz CT molecular complexity index is 1130. The van der Waals surface area contributed by atoms with E-state index in [2.05, 4.69) is 5.32 Å². The topological polar surface area (TPSA) is 55.4 Å². The molecular weight excluding hydrogens is 418 g/mol. The first-order valence-electron chi connectivity index (χ1n) is 9.64. The molecule has 0 saturated carbocycles. The number of aryl methyl sites for hydroxylation is 1. The van der Waals surface area contributed by atoms with Crippen molar-refractivity contribution < 1.29 is 14.3 Å². The summed E-state index contributed by atoms with van der Waals surface area (Å²) in [5.41, 5.74) is 3.45. The molecule has 0 bridgehead atoms. The number of nitrogens with one attached hydrogen (secondary N) is 1. The van der Waals surface area contributed by atoms with Crippen LogP contribution in [0.2, 0.25) is 5.02 Å². The van der Waals surface area contributed by atoms with Gasteiger partial charge in [-0.15, -0.1) is 11.3 Å². The molecular formula is C24H20ClNO3S. The summed E-state index contributed by atoms with van der Waals surface area (Å²) in [5.74, 6) is -0.716. The van der Waals surface area contributed by atoms with Crippen LogP contribution in [0.15, 0.2) is 54.6 Å². The van der Waals surface area contributed by atoms with Gasteiger partial charge in [0.15, 0.2) is 0 Å². The van der Waals surface area contributed by atoms with E-state index >= 15 is 0 Å². The Morgan fingerprint density at radius 3 is 2.53 bits per heavy atom. The van der Waals surface area contributed by atoms with E-state index in [0.717, 1.165) is 40.8 Å². The third-order valence-corrected chi connectivity index (χ3v) is 6.62. The van der Waals surface area contributed by atoms with E-state index in [4.69, 9.17) is 16.3 Å². The highest BCUT2D eigenvalue weighted by atomic mass is 35.5. The number of carbonyl (C=O) groups excluding carboxylic acids is 2. The van der Waals surface area contributed by atoms with Gasteiger partial charge in [-0.3, -0.25) is 4.79 Å². The highest BCUT2D eigenvalue weighted by Crippen LogP contribution is 2.40. The maximum atomic E-state index is 13.4. The molecule has 0 spiro atoms. The Hall–Kier alpha value is -2.89. The number of amides is 1. The van der Waals surface area contributed by atoms with Crippen molar-refractivity contribution in [2.75, 3.05) is 12.4 Å². The van der Waals surface area contributed by atoms with Gasteiger partial charge in [0.1, 0.15) is 5.00 Å². The predicted molar refractivity (Wildman–Crippen MR) is 122 cm³/mol. The molecule has 0 atom stereocenters. The second-order valence-electron chi connectivity index (χ2n) is 6.95. The third kappa shape index (κ3) is 4.04.